The Labute approximate surface area is 184 Å². The highest BCUT2D eigenvalue weighted by atomic mass is 32.2. The van der Waals surface area contributed by atoms with E-state index < -0.39 is 0 Å². The molecular weight excluding hydrogens is 394 g/mol. The van der Waals surface area contributed by atoms with Crippen molar-refractivity contribution in [1.82, 2.24) is 10.2 Å². The van der Waals surface area contributed by atoms with Gasteiger partial charge in [-0.1, -0.05) is 12.1 Å². The van der Waals surface area contributed by atoms with Gasteiger partial charge in [0.15, 0.2) is 0 Å². The van der Waals surface area contributed by atoms with Crippen molar-refractivity contribution in [3.05, 3.63) is 24.3 Å². The second kappa shape index (κ2) is 8.91. The Kier molecular flexibility index (Phi) is 6.44. The number of nitrogens with zero attached hydrogens (tertiary/aromatic N) is 1. The number of rotatable bonds is 8. The van der Waals surface area contributed by atoms with Crippen LogP contribution in [0, 0.1) is 23.2 Å². The fourth-order valence-corrected chi connectivity index (χ4v) is 7.19. The molecule has 1 aromatic carbocycles. The Balaban J connectivity index is 1.26. The first-order chi connectivity index (χ1) is 14.4. The van der Waals surface area contributed by atoms with Gasteiger partial charge in [-0.25, -0.2) is 0 Å². The van der Waals surface area contributed by atoms with Crippen molar-refractivity contribution in [1.29, 1.82) is 0 Å². The van der Waals surface area contributed by atoms with E-state index in [1.165, 1.54) is 38.5 Å². The van der Waals surface area contributed by atoms with E-state index in [9.17, 15) is 9.59 Å². The molecule has 4 aliphatic rings. The van der Waals surface area contributed by atoms with Crippen LogP contribution < -0.4 is 10.6 Å². The molecule has 0 spiro atoms. The molecule has 5 nitrogen and oxygen atoms in total. The smallest absolute Gasteiger partial charge is 0.238 e. The van der Waals surface area contributed by atoms with Crippen molar-refractivity contribution in [2.45, 2.75) is 56.4 Å². The number of hydrogen-bond acceptors (Lipinski definition) is 4. The molecule has 0 aromatic heterocycles. The van der Waals surface area contributed by atoms with Gasteiger partial charge in [0, 0.05) is 10.9 Å². The molecular formula is C24H35N3O2S. The molecule has 0 aliphatic heterocycles. The number of benzene rings is 1. The standard InChI is InChI=1S/C24H35N3O2S/c1-16(24-11-17-8-18(12-24)10-19(9-17)13-24)25-22(28)14-27(2)15-23(29)26-20-6-4-5-7-21(20)30-3/h4-7,16-19H,8-15H2,1-3H3,(H,25,28)(H,26,29)/t16-,17?,18?,19?,24?/m1/s1. The van der Waals surface area contributed by atoms with Gasteiger partial charge in [-0.3, -0.25) is 14.5 Å². The van der Waals surface area contributed by atoms with Crippen LogP contribution in [0.15, 0.2) is 29.2 Å². The van der Waals surface area contributed by atoms with Crippen molar-refractivity contribution in [2.24, 2.45) is 23.2 Å². The Morgan fingerprint density at radius 1 is 1.07 bits per heavy atom. The SMILES string of the molecule is CSc1ccccc1NC(=O)CN(C)CC(=O)N[C@H](C)C12CC3CC(CC(C3)C1)C2. The zero-order chi connectivity index (χ0) is 21.3. The van der Waals surface area contributed by atoms with Crippen LogP contribution >= 0.6 is 11.8 Å². The minimum Gasteiger partial charge on any atom is -0.352 e. The maximum atomic E-state index is 12.7. The van der Waals surface area contributed by atoms with Crippen LogP contribution in [-0.4, -0.2) is 49.1 Å². The average Bonchev–Trinajstić information content (AvgIpc) is 2.66. The van der Waals surface area contributed by atoms with E-state index in [0.717, 1.165) is 28.3 Å². The second-order valence-corrected chi connectivity index (χ2v) is 10.8. The number of anilines is 1. The van der Waals surface area contributed by atoms with Gasteiger partial charge in [-0.05, 0) is 94.1 Å². The summed E-state index contributed by atoms with van der Waals surface area (Å²) in [6.07, 6.45) is 10.1. The number of carbonyl (C=O) groups is 2. The summed E-state index contributed by atoms with van der Waals surface area (Å²) in [7, 11) is 1.83. The summed E-state index contributed by atoms with van der Waals surface area (Å²) >= 11 is 1.60. The molecule has 5 rings (SSSR count). The summed E-state index contributed by atoms with van der Waals surface area (Å²) in [6.45, 7) is 2.65. The largest absolute Gasteiger partial charge is 0.352 e. The number of hydrogen-bond donors (Lipinski definition) is 2. The van der Waals surface area contributed by atoms with Crippen LogP contribution in [0.4, 0.5) is 5.69 Å². The Morgan fingerprint density at radius 3 is 2.23 bits per heavy atom. The zero-order valence-electron chi connectivity index (χ0n) is 18.4. The van der Waals surface area contributed by atoms with Gasteiger partial charge in [-0.2, -0.15) is 0 Å². The van der Waals surface area contributed by atoms with Gasteiger partial charge in [0.25, 0.3) is 0 Å². The van der Waals surface area contributed by atoms with E-state index in [0.29, 0.717) is 5.41 Å². The van der Waals surface area contributed by atoms with Crippen molar-refractivity contribution in [2.75, 3.05) is 31.7 Å². The van der Waals surface area contributed by atoms with Gasteiger partial charge in [-0.15, -0.1) is 11.8 Å². The molecule has 0 unspecified atom stereocenters. The monoisotopic (exact) mass is 429 g/mol. The lowest BCUT2D eigenvalue weighted by molar-refractivity contribution is -0.127. The third-order valence-electron chi connectivity index (χ3n) is 7.59. The van der Waals surface area contributed by atoms with E-state index in [-0.39, 0.29) is 30.9 Å². The predicted molar refractivity (Wildman–Crippen MR) is 123 cm³/mol. The molecule has 30 heavy (non-hydrogen) atoms. The second-order valence-electron chi connectivity index (χ2n) is 9.99. The topological polar surface area (TPSA) is 61.4 Å². The summed E-state index contributed by atoms with van der Waals surface area (Å²) in [4.78, 5) is 28.0. The molecule has 2 N–H and O–H groups in total. The molecule has 6 heteroatoms. The molecule has 4 fully saturated rings. The highest BCUT2D eigenvalue weighted by Crippen LogP contribution is 2.61. The van der Waals surface area contributed by atoms with Gasteiger partial charge < -0.3 is 10.6 Å². The average molecular weight is 430 g/mol. The molecule has 4 bridgehead atoms. The highest BCUT2D eigenvalue weighted by Gasteiger charge is 2.53. The van der Waals surface area contributed by atoms with Gasteiger partial charge >= 0.3 is 0 Å². The van der Waals surface area contributed by atoms with E-state index in [1.54, 1.807) is 16.7 Å². The maximum absolute atomic E-state index is 12.7. The quantitative estimate of drug-likeness (QED) is 0.613. The Hall–Kier alpha value is -1.53. The molecule has 0 radical (unpaired) electrons. The van der Waals surface area contributed by atoms with Crippen LogP contribution in [0.5, 0.6) is 0 Å². The van der Waals surface area contributed by atoms with Crippen LogP contribution in [0.25, 0.3) is 0 Å². The first kappa shape index (κ1) is 21.7. The fourth-order valence-electron chi connectivity index (χ4n) is 6.63. The lowest BCUT2D eigenvalue weighted by Gasteiger charge is -2.59. The lowest BCUT2D eigenvalue weighted by Crippen LogP contribution is -2.56. The highest BCUT2D eigenvalue weighted by molar-refractivity contribution is 7.98. The van der Waals surface area contributed by atoms with Gasteiger partial charge in [0.05, 0.1) is 18.8 Å². The molecule has 4 saturated carbocycles. The Morgan fingerprint density at radius 2 is 1.63 bits per heavy atom. The van der Waals surface area contributed by atoms with Crippen molar-refractivity contribution in [3.8, 4) is 0 Å². The minimum atomic E-state index is -0.0964. The fraction of sp³-hybridized carbons (Fsp3) is 0.667. The van der Waals surface area contributed by atoms with Crippen LogP contribution in [0.2, 0.25) is 0 Å². The van der Waals surface area contributed by atoms with Crippen molar-refractivity contribution < 1.29 is 9.59 Å². The zero-order valence-corrected chi connectivity index (χ0v) is 19.3. The maximum Gasteiger partial charge on any atom is 0.238 e. The van der Waals surface area contributed by atoms with Crippen LogP contribution in [0.3, 0.4) is 0 Å². The first-order valence-corrected chi connectivity index (χ1v) is 12.5. The van der Waals surface area contributed by atoms with E-state index in [4.69, 9.17) is 0 Å². The third-order valence-corrected chi connectivity index (χ3v) is 8.39. The molecule has 164 valence electrons. The summed E-state index contributed by atoms with van der Waals surface area (Å²) < 4.78 is 0. The normalized spacial score (nSPS) is 30.3. The third kappa shape index (κ3) is 4.70. The van der Waals surface area contributed by atoms with Crippen molar-refractivity contribution in [3.63, 3.8) is 0 Å². The van der Waals surface area contributed by atoms with Gasteiger partial charge in [0.1, 0.15) is 0 Å². The lowest BCUT2D eigenvalue weighted by atomic mass is 9.48. The number of thioether (sulfide) groups is 1. The molecule has 1 atom stereocenters. The number of amides is 2. The number of carbonyl (C=O) groups excluding carboxylic acids is 2. The van der Waals surface area contributed by atoms with E-state index in [2.05, 4.69) is 17.6 Å². The number of nitrogens with one attached hydrogen (secondary N) is 2. The molecule has 0 saturated heterocycles. The number of para-hydroxylation sites is 1. The Bertz CT molecular complexity index is 761. The minimum absolute atomic E-state index is 0.0260. The van der Waals surface area contributed by atoms with Crippen LogP contribution in [0.1, 0.15) is 45.4 Å². The summed E-state index contributed by atoms with van der Waals surface area (Å²) in [5.41, 5.74) is 1.13. The summed E-state index contributed by atoms with van der Waals surface area (Å²) in [5.74, 6) is 2.57. The molecule has 4 aliphatic carbocycles. The van der Waals surface area contributed by atoms with Crippen LogP contribution in [-0.2, 0) is 9.59 Å². The number of likely N-dealkylation sites (N-methyl/N-ethyl adjacent to an activating group) is 1. The summed E-state index contributed by atoms with van der Waals surface area (Å²) in [6, 6.07) is 7.99. The summed E-state index contributed by atoms with van der Waals surface area (Å²) in [5, 5.41) is 6.26. The van der Waals surface area contributed by atoms with Crippen molar-refractivity contribution >= 4 is 29.3 Å². The van der Waals surface area contributed by atoms with E-state index in [1.807, 2.05) is 37.6 Å². The molecule has 2 amide bonds. The van der Waals surface area contributed by atoms with Gasteiger partial charge in [0.2, 0.25) is 11.8 Å². The first-order valence-electron chi connectivity index (χ1n) is 11.3. The van der Waals surface area contributed by atoms with E-state index >= 15 is 0 Å². The predicted octanol–water partition coefficient (Wildman–Crippen LogP) is 4.00. The molecule has 0 heterocycles. The molecule has 1 aromatic rings.